The molecule has 0 unspecified atom stereocenters. The number of rotatable bonds is 2. The summed E-state index contributed by atoms with van der Waals surface area (Å²) in [5, 5.41) is 4.84. The van der Waals surface area contributed by atoms with Crippen molar-refractivity contribution >= 4 is 39.1 Å². The molecule has 0 amide bonds. The Bertz CT molecular complexity index is 559. The molecule has 96 valence electrons. The highest BCUT2D eigenvalue weighted by atomic mass is 32.2. The van der Waals surface area contributed by atoms with E-state index in [0.717, 1.165) is 10.6 Å². The molecule has 5 heteroatoms. The van der Waals surface area contributed by atoms with Crippen LogP contribution in [0.25, 0.3) is 10.2 Å². The Balaban J connectivity index is 1.95. The maximum Gasteiger partial charge on any atom is 0.138 e. The van der Waals surface area contributed by atoms with Crippen LogP contribution in [0.3, 0.4) is 0 Å². The summed E-state index contributed by atoms with van der Waals surface area (Å²) in [7, 11) is 0. The first-order chi connectivity index (χ1) is 8.75. The van der Waals surface area contributed by atoms with Gasteiger partial charge in [0, 0.05) is 10.9 Å². The Morgan fingerprint density at radius 3 is 2.78 bits per heavy atom. The van der Waals surface area contributed by atoms with Crippen molar-refractivity contribution in [2.24, 2.45) is 0 Å². The molecular weight excluding hydrogens is 262 g/mol. The molecule has 0 atom stereocenters. The summed E-state index contributed by atoms with van der Waals surface area (Å²) in [6, 6.07) is 0.573. The lowest BCUT2D eigenvalue weighted by atomic mass is 10.1. The molecular formula is C13H17N3S2. The predicted molar refractivity (Wildman–Crippen MR) is 80.9 cm³/mol. The zero-order chi connectivity index (χ0) is 12.5. The highest BCUT2D eigenvalue weighted by Gasteiger charge is 2.17. The number of aromatic nitrogens is 2. The first-order valence-electron chi connectivity index (χ1n) is 6.30. The van der Waals surface area contributed by atoms with E-state index < -0.39 is 0 Å². The van der Waals surface area contributed by atoms with Crippen molar-refractivity contribution in [1.82, 2.24) is 9.97 Å². The summed E-state index contributed by atoms with van der Waals surface area (Å²) < 4.78 is 0. The normalized spacial score (nSPS) is 17.2. The quantitative estimate of drug-likeness (QED) is 0.911. The lowest BCUT2D eigenvalue weighted by molar-refractivity contribution is 0.664. The predicted octanol–water partition coefficient (Wildman–Crippen LogP) is 3.62. The Morgan fingerprint density at radius 1 is 1.22 bits per heavy atom. The van der Waals surface area contributed by atoms with Crippen LogP contribution >= 0.6 is 23.1 Å². The number of aryl methyl sites for hydroxylation is 2. The molecule has 0 radical (unpaired) electrons. The number of nitrogens with one attached hydrogen (secondary N) is 1. The molecule has 2 aromatic rings. The zero-order valence-corrected chi connectivity index (χ0v) is 12.3. The molecule has 1 aliphatic rings. The van der Waals surface area contributed by atoms with Crippen LogP contribution in [0.4, 0.5) is 5.82 Å². The fraction of sp³-hybridized carbons (Fsp3) is 0.538. The fourth-order valence-electron chi connectivity index (χ4n) is 2.33. The first kappa shape index (κ1) is 12.2. The molecule has 2 aromatic heterocycles. The second-order valence-corrected chi connectivity index (χ2v) is 7.14. The second-order valence-electron chi connectivity index (χ2n) is 4.72. The van der Waals surface area contributed by atoms with E-state index in [9.17, 15) is 0 Å². The van der Waals surface area contributed by atoms with Gasteiger partial charge in [-0.1, -0.05) is 0 Å². The van der Waals surface area contributed by atoms with Gasteiger partial charge in [0.25, 0.3) is 0 Å². The van der Waals surface area contributed by atoms with Crippen LogP contribution in [0.1, 0.15) is 23.3 Å². The van der Waals surface area contributed by atoms with Gasteiger partial charge in [0.15, 0.2) is 0 Å². The first-order valence-corrected chi connectivity index (χ1v) is 8.28. The average molecular weight is 279 g/mol. The molecule has 1 N–H and O–H groups in total. The van der Waals surface area contributed by atoms with Crippen molar-refractivity contribution in [2.45, 2.75) is 32.7 Å². The van der Waals surface area contributed by atoms with Crippen molar-refractivity contribution < 1.29 is 0 Å². The Kier molecular flexibility index (Phi) is 3.43. The standard InChI is InChI=1S/C13H17N3S2/c1-8-9(2)18-13-11(8)12(14-7-15-13)16-10-3-5-17-6-4-10/h7,10H,3-6H2,1-2H3,(H,14,15,16). The van der Waals surface area contributed by atoms with Crippen LogP contribution in [0.5, 0.6) is 0 Å². The number of hydrogen-bond acceptors (Lipinski definition) is 5. The van der Waals surface area contributed by atoms with Crippen LogP contribution in [0.15, 0.2) is 6.33 Å². The minimum atomic E-state index is 0.573. The van der Waals surface area contributed by atoms with E-state index >= 15 is 0 Å². The molecule has 0 saturated carbocycles. The number of thiophene rings is 1. The van der Waals surface area contributed by atoms with Gasteiger partial charge in [-0.2, -0.15) is 11.8 Å². The van der Waals surface area contributed by atoms with Crippen LogP contribution in [0.2, 0.25) is 0 Å². The van der Waals surface area contributed by atoms with E-state index in [-0.39, 0.29) is 0 Å². The highest BCUT2D eigenvalue weighted by Crippen LogP contribution is 2.33. The third kappa shape index (κ3) is 2.21. The van der Waals surface area contributed by atoms with E-state index in [1.807, 2.05) is 11.8 Å². The van der Waals surface area contributed by atoms with Gasteiger partial charge in [-0.15, -0.1) is 11.3 Å². The molecule has 0 spiro atoms. The molecule has 3 heterocycles. The van der Waals surface area contributed by atoms with Crippen molar-refractivity contribution in [3.05, 3.63) is 16.8 Å². The summed E-state index contributed by atoms with van der Waals surface area (Å²) in [4.78, 5) is 11.3. The van der Waals surface area contributed by atoms with Gasteiger partial charge in [-0.3, -0.25) is 0 Å². The lowest BCUT2D eigenvalue weighted by Crippen LogP contribution is -2.25. The maximum absolute atomic E-state index is 4.45. The number of hydrogen-bond donors (Lipinski definition) is 1. The van der Waals surface area contributed by atoms with E-state index in [1.165, 1.54) is 40.2 Å². The topological polar surface area (TPSA) is 37.8 Å². The second kappa shape index (κ2) is 5.05. The molecule has 3 nitrogen and oxygen atoms in total. The Labute approximate surface area is 115 Å². The molecule has 1 aliphatic heterocycles. The minimum Gasteiger partial charge on any atom is -0.367 e. The molecule has 1 fully saturated rings. The summed E-state index contributed by atoms with van der Waals surface area (Å²) in [6.45, 7) is 4.32. The largest absolute Gasteiger partial charge is 0.367 e. The molecule has 18 heavy (non-hydrogen) atoms. The van der Waals surface area contributed by atoms with Crippen LogP contribution < -0.4 is 5.32 Å². The SMILES string of the molecule is Cc1sc2ncnc(NC3CCSCC3)c2c1C. The highest BCUT2D eigenvalue weighted by molar-refractivity contribution is 7.99. The monoisotopic (exact) mass is 279 g/mol. The van der Waals surface area contributed by atoms with Crippen molar-refractivity contribution in [3.63, 3.8) is 0 Å². The van der Waals surface area contributed by atoms with Crippen molar-refractivity contribution in [1.29, 1.82) is 0 Å². The summed E-state index contributed by atoms with van der Waals surface area (Å²) in [6.07, 6.45) is 4.15. The van der Waals surface area contributed by atoms with E-state index in [2.05, 4.69) is 29.1 Å². The Morgan fingerprint density at radius 2 is 2.00 bits per heavy atom. The molecule has 1 saturated heterocycles. The van der Waals surface area contributed by atoms with E-state index in [4.69, 9.17) is 0 Å². The van der Waals surface area contributed by atoms with Crippen molar-refractivity contribution in [3.8, 4) is 0 Å². The lowest BCUT2D eigenvalue weighted by Gasteiger charge is -2.23. The molecule has 0 aliphatic carbocycles. The average Bonchev–Trinajstić information content (AvgIpc) is 2.67. The van der Waals surface area contributed by atoms with Gasteiger partial charge in [0.2, 0.25) is 0 Å². The van der Waals surface area contributed by atoms with Gasteiger partial charge in [-0.05, 0) is 43.8 Å². The van der Waals surface area contributed by atoms with E-state index in [1.54, 1.807) is 17.7 Å². The zero-order valence-electron chi connectivity index (χ0n) is 10.7. The summed E-state index contributed by atoms with van der Waals surface area (Å²) in [5.41, 5.74) is 1.32. The Hall–Kier alpha value is -0.810. The molecule has 0 bridgehead atoms. The van der Waals surface area contributed by atoms with Gasteiger partial charge >= 0.3 is 0 Å². The fourth-order valence-corrected chi connectivity index (χ4v) is 4.43. The molecule has 0 aromatic carbocycles. The van der Waals surface area contributed by atoms with Crippen molar-refractivity contribution in [2.75, 3.05) is 16.8 Å². The van der Waals surface area contributed by atoms with Gasteiger partial charge in [0.05, 0.1) is 5.39 Å². The van der Waals surface area contributed by atoms with Gasteiger partial charge in [0.1, 0.15) is 17.0 Å². The van der Waals surface area contributed by atoms with Crippen LogP contribution in [-0.2, 0) is 0 Å². The smallest absolute Gasteiger partial charge is 0.138 e. The van der Waals surface area contributed by atoms with Gasteiger partial charge in [-0.25, -0.2) is 9.97 Å². The third-order valence-corrected chi connectivity index (χ3v) is 5.69. The summed E-state index contributed by atoms with van der Waals surface area (Å²) in [5.74, 6) is 3.54. The number of anilines is 1. The van der Waals surface area contributed by atoms with E-state index in [0.29, 0.717) is 6.04 Å². The summed E-state index contributed by atoms with van der Waals surface area (Å²) >= 11 is 3.81. The van der Waals surface area contributed by atoms with Gasteiger partial charge < -0.3 is 5.32 Å². The number of nitrogens with zero attached hydrogens (tertiary/aromatic N) is 2. The minimum absolute atomic E-state index is 0.573. The third-order valence-electron chi connectivity index (χ3n) is 3.53. The maximum atomic E-state index is 4.45. The number of thioether (sulfide) groups is 1. The van der Waals surface area contributed by atoms with Crippen LogP contribution in [-0.4, -0.2) is 27.5 Å². The van der Waals surface area contributed by atoms with Crippen LogP contribution in [0, 0.1) is 13.8 Å². The molecule has 3 rings (SSSR count). The number of fused-ring (bicyclic) bond motifs is 1.